The Kier molecular flexibility index (Phi) is 3.32. The van der Waals surface area contributed by atoms with Crippen molar-refractivity contribution in [3.63, 3.8) is 0 Å². The molecule has 5 nitrogen and oxygen atoms in total. The Balaban J connectivity index is 1.69. The van der Waals surface area contributed by atoms with E-state index >= 15 is 0 Å². The monoisotopic (exact) mass is 247 g/mol. The fraction of sp³-hybridized carbons (Fsp3) is 0.692. The molecule has 0 spiro atoms. The highest BCUT2D eigenvalue weighted by Gasteiger charge is 2.20. The van der Waals surface area contributed by atoms with Gasteiger partial charge in [0.1, 0.15) is 18.0 Å². The number of nitrogens with two attached hydrogens (primary N) is 1. The molecule has 0 radical (unpaired) electrons. The smallest absolute Gasteiger partial charge is 0.134 e. The quantitative estimate of drug-likeness (QED) is 0.844. The molecule has 3 N–H and O–H groups in total. The van der Waals surface area contributed by atoms with E-state index in [1.165, 1.54) is 19.3 Å². The van der Waals surface area contributed by atoms with Crippen LogP contribution in [0.25, 0.3) is 0 Å². The van der Waals surface area contributed by atoms with Crippen LogP contribution in [0.5, 0.6) is 0 Å². The average molecular weight is 247 g/mol. The zero-order valence-electron chi connectivity index (χ0n) is 10.7. The van der Waals surface area contributed by atoms with Crippen LogP contribution < -0.4 is 16.0 Å². The van der Waals surface area contributed by atoms with E-state index in [1.54, 1.807) is 6.33 Å². The second-order valence-electron chi connectivity index (χ2n) is 5.38. The van der Waals surface area contributed by atoms with Gasteiger partial charge in [0.25, 0.3) is 0 Å². The molecule has 1 atom stereocenters. The van der Waals surface area contributed by atoms with Gasteiger partial charge in [-0.25, -0.2) is 9.97 Å². The van der Waals surface area contributed by atoms with Crippen molar-refractivity contribution < 1.29 is 0 Å². The van der Waals surface area contributed by atoms with E-state index in [9.17, 15) is 0 Å². The Hall–Kier alpha value is -1.36. The lowest BCUT2D eigenvalue weighted by Crippen LogP contribution is -2.43. The minimum Gasteiger partial charge on any atom is -0.367 e. The molecule has 1 aliphatic carbocycles. The first-order chi connectivity index (χ1) is 8.81. The predicted octanol–water partition coefficient (Wildman–Crippen LogP) is 1.37. The first kappa shape index (κ1) is 11.7. The summed E-state index contributed by atoms with van der Waals surface area (Å²) >= 11 is 0. The molecule has 0 amide bonds. The van der Waals surface area contributed by atoms with Gasteiger partial charge in [0, 0.05) is 31.2 Å². The first-order valence-corrected chi connectivity index (χ1v) is 6.90. The van der Waals surface area contributed by atoms with Crippen molar-refractivity contribution >= 4 is 11.6 Å². The summed E-state index contributed by atoms with van der Waals surface area (Å²) in [4.78, 5) is 10.9. The highest BCUT2D eigenvalue weighted by atomic mass is 15.2. The summed E-state index contributed by atoms with van der Waals surface area (Å²) in [5.41, 5.74) is 6.01. The van der Waals surface area contributed by atoms with E-state index < -0.39 is 0 Å². The lowest BCUT2D eigenvalue weighted by Gasteiger charge is -2.32. The lowest BCUT2D eigenvalue weighted by atomic mass is 9.93. The third-order valence-corrected chi connectivity index (χ3v) is 3.89. The van der Waals surface area contributed by atoms with E-state index in [-0.39, 0.29) is 6.04 Å². The fourth-order valence-corrected chi connectivity index (χ4v) is 2.58. The van der Waals surface area contributed by atoms with Crippen LogP contribution in [0, 0.1) is 0 Å². The molecule has 1 aliphatic heterocycles. The normalized spacial score (nSPS) is 24.7. The summed E-state index contributed by atoms with van der Waals surface area (Å²) in [5.74, 6) is 1.95. The average Bonchev–Trinajstić information content (AvgIpc) is 2.34. The maximum absolute atomic E-state index is 6.01. The maximum atomic E-state index is 6.01. The molecule has 18 heavy (non-hydrogen) atoms. The molecular formula is C13H21N5. The van der Waals surface area contributed by atoms with Crippen molar-refractivity contribution in [3.8, 4) is 0 Å². The second kappa shape index (κ2) is 5.10. The Morgan fingerprint density at radius 1 is 1.22 bits per heavy atom. The molecule has 1 aromatic heterocycles. The molecule has 2 fully saturated rings. The molecule has 1 aromatic rings. The molecule has 2 heterocycles. The molecule has 3 rings (SSSR count). The number of aromatic nitrogens is 2. The van der Waals surface area contributed by atoms with Crippen molar-refractivity contribution in [2.24, 2.45) is 5.73 Å². The lowest BCUT2D eigenvalue weighted by molar-refractivity contribution is 0.444. The van der Waals surface area contributed by atoms with Crippen LogP contribution in [-0.4, -0.2) is 35.1 Å². The highest BCUT2D eigenvalue weighted by Crippen LogP contribution is 2.24. The van der Waals surface area contributed by atoms with Crippen LogP contribution in [0.15, 0.2) is 12.4 Å². The van der Waals surface area contributed by atoms with Crippen LogP contribution >= 0.6 is 0 Å². The molecule has 1 saturated carbocycles. The zero-order valence-corrected chi connectivity index (χ0v) is 10.7. The van der Waals surface area contributed by atoms with Gasteiger partial charge in [-0.1, -0.05) is 0 Å². The molecule has 2 aliphatic rings. The van der Waals surface area contributed by atoms with Crippen LogP contribution in [-0.2, 0) is 0 Å². The van der Waals surface area contributed by atoms with Crippen LogP contribution in [0.3, 0.4) is 0 Å². The highest BCUT2D eigenvalue weighted by molar-refractivity contribution is 5.49. The van der Waals surface area contributed by atoms with Crippen LogP contribution in [0.4, 0.5) is 11.6 Å². The Bertz CT molecular complexity index is 404. The third kappa shape index (κ3) is 2.56. The SMILES string of the molecule is NC1CCCN(c2cc(NC3CCC3)ncn2)C1. The maximum Gasteiger partial charge on any atom is 0.134 e. The summed E-state index contributed by atoms with van der Waals surface area (Å²) in [5, 5.41) is 3.46. The number of hydrogen-bond donors (Lipinski definition) is 2. The van der Waals surface area contributed by atoms with Gasteiger partial charge >= 0.3 is 0 Å². The molecular weight excluding hydrogens is 226 g/mol. The van der Waals surface area contributed by atoms with Gasteiger partial charge in [0.05, 0.1) is 0 Å². The summed E-state index contributed by atoms with van der Waals surface area (Å²) in [6.07, 6.45) is 7.76. The number of nitrogens with one attached hydrogen (secondary N) is 1. The Labute approximate surface area is 108 Å². The minimum absolute atomic E-state index is 0.275. The van der Waals surface area contributed by atoms with E-state index in [1.807, 2.05) is 0 Å². The van der Waals surface area contributed by atoms with E-state index in [4.69, 9.17) is 5.73 Å². The molecule has 0 aromatic carbocycles. The predicted molar refractivity (Wildman–Crippen MR) is 72.7 cm³/mol. The minimum atomic E-state index is 0.275. The molecule has 98 valence electrons. The van der Waals surface area contributed by atoms with Crippen molar-refractivity contribution in [1.82, 2.24) is 9.97 Å². The Morgan fingerprint density at radius 2 is 2.11 bits per heavy atom. The topological polar surface area (TPSA) is 67.1 Å². The van der Waals surface area contributed by atoms with Gasteiger partial charge in [-0.05, 0) is 32.1 Å². The largest absolute Gasteiger partial charge is 0.367 e. The van der Waals surface area contributed by atoms with Crippen molar-refractivity contribution in [2.75, 3.05) is 23.3 Å². The third-order valence-electron chi connectivity index (χ3n) is 3.89. The van der Waals surface area contributed by atoms with Gasteiger partial charge in [0.15, 0.2) is 0 Å². The summed E-state index contributed by atoms with van der Waals surface area (Å²) in [6.45, 7) is 1.95. The van der Waals surface area contributed by atoms with Crippen molar-refractivity contribution in [2.45, 2.75) is 44.2 Å². The van der Waals surface area contributed by atoms with E-state index in [0.717, 1.165) is 37.6 Å². The number of hydrogen-bond acceptors (Lipinski definition) is 5. The summed E-state index contributed by atoms with van der Waals surface area (Å²) in [6, 6.07) is 2.93. The molecule has 5 heteroatoms. The Morgan fingerprint density at radius 3 is 2.83 bits per heavy atom. The van der Waals surface area contributed by atoms with E-state index in [2.05, 4.69) is 26.3 Å². The number of rotatable bonds is 3. The molecule has 1 unspecified atom stereocenters. The van der Waals surface area contributed by atoms with Gasteiger partial charge in [-0.15, -0.1) is 0 Å². The fourth-order valence-electron chi connectivity index (χ4n) is 2.58. The number of nitrogens with zero attached hydrogens (tertiary/aromatic N) is 3. The van der Waals surface area contributed by atoms with Gasteiger partial charge in [0.2, 0.25) is 0 Å². The van der Waals surface area contributed by atoms with Gasteiger partial charge in [-0.2, -0.15) is 0 Å². The van der Waals surface area contributed by atoms with Crippen LogP contribution in [0.1, 0.15) is 32.1 Å². The van der Waals surface area contributed by atoms with Crippen molar-refractivity contribution in [3.05, 3.63) is 12.4 Å². The number of anilines is 2. The number of piperidine rings is 1. The van der Waals surface area contributed by atoms with Gasteiger partial charge < -0.3 is 16.0 Å². The summed E-state index contributed by atoms with van der Waals surface area (Å²) < 4.78 is 0. The van der Waals surface area contributed by atoms with Crippen LogP contribution in [0.2, 0.25) is 0 Å². The molecule has 1 saturated heterocycles. The van der Waals surface area contributed by atoms with E-state index in [0.29, 0.717) is 6.04 Å². The van der Waals surface area contributed by atoms with Crippen molar-refractivity contribution in [1.29, 1.82) is 0 Å². The standard InChI is InChI=1S/C13H21N5/c14-10-3-2-6-18(8-10)13-7-12(15-9-16-13)17-11-4-1-5-11/h7,9-11H,1-6,8,14H2,(H,15,16,17). The zero-order chi connectivity index (χ0) is 12.4. The molecule has 0 bridgehead atoms. The second-order valence-corrected chi connectivity index (χ2v) is 5.38. The van der Waals surface area contributed by atoms with Gasteiger partial charge in [-0.3, -0.25) is 0 Å². The first-order valence-electron chi connectivity index (χ1n) is 6.90. The summed E-state index contributed by atoms with van der Waals surface area (Å²) in [7, 11) is 0.